The average molecular weight is 296 g/mol. The summed E-state index contributed by atoms with van der Waals surface area (Å²) in [7, 11) is 0. The number of aliphatic hydroxyl groups excluding tert-OH is 1. The van der Waals surface area contributed by atoms with Crippen molar-refractivity contribution in [2.24, 2.45) is 0 Å². The largest absolute Gasteiger partial charge is 0.394 e. The Kier molecular flexibility index (Phi) is 3.98. The van der Waals surface area contributed by atoms with Gasteiger partial charge in [-0.1, -0.05) is 24.6 Å². The Labute approximate surface area is 122 Å². The molecule has 20 heavy (non-hydrogen) atoms. The summed E-state index contributed by atoms with van der Waals surface area (Å²) in [6, 6.07) is 0.522. The normalized spacial score (nSPS) is 21.1. The van der Waals surface area contributed by atoms with E-state index in [1.165, 1.54) is 24.6 Å². The van der Waals surface area contributed by atoms with Gasteiger partial charge < -0.3 is 15.0 Å². The van der Waals surface area contributed by atoms with Crippen molar-refractivity contribution in [2.75, 3.05) is 12.4 Å². The number of amides is 1. The van der Waals surface area contributed by atoms with Crippen LogP contribution in [0.2, 0.25) is 0 Å². The zero-order valence-electron chi connectivity index (χ0n) is 11.4. The molecule has 1 amide bonds. The first-order valence-corrected chi connectivity index (χ1v) is 8.15. The van der Waals surface area contributed by atoms with Crippen molar-refractivity contribution in [3.8, 4) is 0 Å². The molecule has 2 aliphatic carbocycles. The van der Waals surface area contributed by atoms with E-state index < -0.39 is 0 Å². The summed E-state index contributed by atoms with van der Waals surface area (Å²) < 4.78 is 2.05. The third-order valence-electron chi connectivity index (χ3n) is 4.08. The molecule has 1 heterocycles. The fourth-order valence-corrected chi connectivity index (χ4v) is 3.56. The van der Waals surface area contributed by atoms with E-state index in [1.54, 1.807) is 6.33 Å². The van der Waals surface area contributed by atoms with Crippen LogP contribution in [0.3, 0.4) is 0 Å². The van der Waals surface area contributed by atoms with Crippen LogP contribution in [0.25, 0.3) is 0 Å². The fourth-order valence-electron chi connectivity index (χ4n) is 2.77. The Bertz CT molecular complexity index is 480. The molecule has 2 N–H and O–H groups in total. The van der Waals surface area contributed by atoms with Crippen molar-refractivity contribution in [3.63, 3.8) is 0 Å². The van der Waals surface area contributed by atoms with Gasteiger partial charge >= 0.3 is 0 Å². The predicted molar refractivity (Wildman–Crippen MR) is 75.4 cm³/mol. The number of hydrogen-bond acceptors (Lipinski definition) is 5. The Hall–Kier alpha value is -1.08. The maximum Gasteiger partial charge on any atom is 0.230 e. The minimum atomic E-state index is -0.387. The lowest BCUT2D eigenvalue weighted by atomic mass is 9.99. The van der Waals surface area contributed by atoms with Gasteiger partial charge in [-0.15, -0.1) is 10.2 Å². The van der Waals surface area contributed by atoms with Gasteiger partial charge in [-0.2, -0.15) is 0 Å². The molecule has 0 aromatic carbocycles. The van der Waals surface area contributed by atoms with Gasteiger partial charge in [0, 0.05) is 6.04 Å². The van der Waals surface area contributed by atoms with Crippen molar-refractivity contribution in [3.05, 3.63) is 6.33 Å². The second-order valence-corrected chi connectivity index (χ2v) is 6.68. The van der Waals surface area contributed by atoms with E-state index in [-0.39, 0.29) is 18.1 Å². The van der Waals surface area contributed by atoms with E-state index in [4.69, 9.17) is 0 Å². The van der Waals surface area contributed by atoms with Crippen LogP contribution in [0.5, 0.6) is 0 Å². The number of carbonyl (C=O) groups excluding carboxylic acids is 1. The van der Waals surface area contributed by atoms with Gasteiger partial charge in [0.05, 0.1) is 17.9 Å². The molecule has 2 fully saturated rings. The summed E-state index contributed by atoms with van der Waals surface area (Å²) in [5.41, 5.74) is -0.387. The molecule has 0 radical (unpaired) electrons. The Morgan fingerprint density at radius 1 is 1.50 bits per heavy atom. The topological polar surface area (TPSA) is 80.0 Å². The number of nitrogens with one attached hydrogen (secondary N) is 1. The second kappa shape index (κ2) is 5.73. The maximum atomic E-state index is 12.1. The predicted octanol–water partition coefficient (Wildman–Crippen LogP) is 1.13. The summed E-state index contributed by atoms with van der Waals surface area (Å²) in [5.74, 6) is 0.295. The number of carbonyl (C=O) groups is 1. The molecule has 0 unspecified atom stereocenters. The van der Waals surface area contributed by atoms with E-state index >= 15 is 0 Å². The highest BCUT2D eigenvalue weighted by Crippen LogP contribution is 2.37. The lowest BCUT2D eigenvalue weighted by molar-refractivity contribution is -0.121. The van der Waals surface area contributed by atoms with Crippen LogP contribution in [0.4, 0.5) is 0 Å². The van der Waals surface area contributed by atoms with Crippen molar-refractivity contribution < 1.29 is 9.90 Å². The fraction of sp³-hybridized carbons (Fsp3) is 0.769. The van der Waals surface area contributed by atoms with E-state index in [0.717, 1.165) is 30.8 Å². The van der Waals surface area contributed by atoms with E-state index in [0.29, 0.717) is 11.8 Å². The number of hydrogen-bond donors (Lipinski definition) is 2. The Morgan fingerprint density at radius 2 is 2.25 bits per heavy atom. The molecule has 0 aliphatic heterocycles. The Morgan fingerprint density at radius 3 is 2.90 bits per heavy atom. The summed E-state index contributed by atoms with van der Waals surface area (Å²) in [6.45, 7) is 0.0294. The number of thioether (sulfide) groups is 1. The van der Waals surface area contributed by atoms with Crippen LogP contribution in [0, 0.1) is 0 Å². The van der Waals surface area contributed by atoms with Crippen molar-refractivity contribution in [1.29, 1.82) is 0 Å². The molecule has 1 aromatic heterocycles. The van der Waals surface area contributed by atoms with Gasteiger partial charge in [0.25, 0.3) is 0 Å². The van der Waals surface area contributed by atoms with Crippen LogP contribution in [0.1, 0.15) is 44.6 Å². The van der Waals surface area contributed by atoms with Gasteiger partial charge in [-0.3, -0.25) is 4.79 Å². The molecule has 0 saturated heterocycles. The van der Waals surface area contributed by atoms with Crippen LogP contribution in [-0.4, -0.2) is 43.7 Å². The lowest BCUT2D eigenvalue weighted by Crippen LogP contribution is -2.49. The minimum absolute atomic E-state index is 0.0294. The first-order chi connectivity index (χ1) is 9.72. The van der Waals surface area contributed by atoms with Crippen molar-refractivity contribution >= 4 is 17.7 Å². The number of nitrogens with zero attached hydrogens (tertiary/aromatic N) is 3. The molecular formula is C13H20N4O2S. The van der Waals surface area contributed by atoms with Gasteiger partial charge in [0.2, 0.25) is 5.91 Å². The molecule has 2 saturated carbocycles. The summed E-state index contributed by atoms with van der Waals surface area (Å²) >= 11 is 1.42. The van der Waals surface area contributed by atoms with Crippen LogP contribution < -0.4 is 5.32 Å². The van der Waals surface area contributed by atoms with Gasteiger partial charge in [0.1, 0.15) is 6.33 Å². The third-order valence-corrected chi connectivity index (χ3v) is 5.04. The number of rotatable bonds is 6. The lowest BCUT2D eigenvalue weighted by Gasteiger charge is -2.27. The van der Waals surface area contributed by atoms with Gasteiger partial charge in [-0.25, -0.2) is 0 Å². The SMILES string of the molecule is O=C(CSc1nncn1C1CC1)NC1(CO)CCCC1. The first-order valence-electron chi connectivity index (χ1n) is 7.17. The second-order valence-electron chi connectivity index (χ2n) is 5.73. The number of aromatic nitrogens is 3. The monoisotopic (exact) mass is 296 g/mol. The molecule has 2 aliphatic rings. The third kappa shape index (κ3) is 2.98. The van der Waals surface area contributed by atoms with Crippen LogP contribution in [0.15, 0.2) is 11.5 Å². The smallest absolute Gasteiger partial charge is 0.230 e. The molecule has 6 nitrogen and oxygen atoms in total. The number of aliphatic hydroxyl groups is 1. The summed E-state index contributed by atoms with van der Waals surface area (Å²) in [4.78, 5) is 12.1. The highest BCUT2D eigenvalue weighted by molar-refractivity contribution is 7.99. The van der Waals surface area contributed by atoms with Crippen molar-refractivity contribution in [1.82, 2.24) is 20.1 Å². The molecule has 0 atom stereocenters. The quantitative estimate of drug-likeness (QED) is 0.769. The van der Waals surface area contributed by atoms with Crippen molar-refractivity contribution in [2.45, 2.75) is 55.3 Å². The molecule has 0 spiro atoms. The summed E-state index contributed by atoms with van der Waals surface area (Å²) in [6.07, 6.45) is 7.98. The molecule has 3 rings (SSSR count). The zero-order chi connectivity index (χ0) is 14.0. The molecule has 7 heteroatoms. The van der Waals surface area contributed by atoms with E-state index in [2.05, 4.69) is 20.1 Å². The van der Waals surface area contributed by atoms with Crippen LogP contribution >= 0.6 is 11.8 Å². The van der Waals surface area contributed by atoms with Crippen LogP contribution in [-0.2, 0) is 4.79 Å². The molecular weight excluding hydrogens is 276 g/mol. The summed E-state index contributed by atoms with van der Waals surface area (Å²) in [5, 5.41) is 21.3. The average Bonchev–Trinajstić information content (AvgIpc) is 3.01. The van der Waals surface area contributed by atoms with Gasteiger partial charge in [0.15, 0.2) is 5.16 Å². The molecule has 110 valence electrons. The van der Waals surface area contributed by atoms with Gasteiger partial charge in [-0.05, 0) is 25.7 Å². The minimum Gasteiger partial charge on any atom is -0.394 e. The molecule has 1 aromatic rings. The highest BCUT2D eigenvalue weighted by atomic mass is 32.2. The zero-order valence-corrected chi connectivity index (χ0v) is 12.2. The van der Waals surface area contributed by atoms with E-state index in [9.17, 15) is 9.90 Å². The maximum absolute atomic E-state index is 12.1. The highest BCUT2D eigenvalue weighted by Gasteiger charge is 2.34. The Balaban J connectivity index is 1.52. The van der Waals surface area contributed by atoms with E-state index in [1.807, 2.05) is 0 Å². The first kappa shape index (κ1) is 13.9. The standard InChI is InChI=1S/C13H20N4O2S/c18-8-13(5-1-2-6-13)15-11(19)7-20-12-16-14-9-17(12)10-3-4-10/h9-10,18H,1-8H2,(H,15,19). The molecule has 0 bridgehead atoms.